The Bertz CT molecular complexity index is 1350. The van der Waals surface area contributed by atoms with Gasteiger partial charge in [-0.25, -0.2) is 23.1 Å². The van der Waals surface area contributed by atoms with Gasteiger partial charge in [0.25, 0.3) is 15.9 Å². The number of halogens is 3. The highest BCUT2D eigenvalue weighted by molar-refractivity contribution is 7.89. The number of carbonyl (C=O) groups is 2. The largest absolute Gasteiger partial charge is 0.417 e. The Morgan fingerprint density at radius 1 is 1.24 bits per heavy atom. The van der Waals surface area contributed by atoms with E-state index in [1.165, 1.54) is 28.1 Å². The van der Waals surface area contributed by atoms with Crippen LogP contribution in [0.3, 0.4) is 0 Å². The van der Waals surface area contributed by atoms with Gasteiger partial charge in [0, 0.05) is 25.8 Å². The van der Waals surface area contributed by atoms with E-state index in [0.29, 0.717) is 11.0 Å². The van der Waals surface area contributed by atoms with Gasteiger partial charge in [-0.3, -0.25) is 4.79 Å². The highest BCUT2D eigenvalue weighted by Crippen LogP contribution is 2.45. The predicted octanol–water partition coefficient (Wildman–Crippen LogP) is 1.29. The molecule has 0 saturated carbocycles. The number of benzene rings is 1. The van der Waals surface area contributed by atoms with Crippen molar-refractivity contribution in [1.29, 1.82) is 5.26 Å². The van der Waals surface area contributed by atoms with Gasteiger partial charge in [-0.2, -0.15) is 22.7 Å². The van der Waals surface area contributed by atoms with Gasteiger partial charge >= 0.3 is 12.2 Å². The number of rotatable bonds is 3. The first kappa shape index (κ1) is 21.4. The summed E-state index contributed by atoms with van der Waals surface area (Å²) in [7, 11) is -2.43. The Kier molecular flexibility index (Phi) is 4.40. The zero-order valence-electron chi connectivity index (χ0n) is 16.9. The molecule has 5 rings (SSSR count). The van der Waals surface area contributed by atoms with Crippen LogP contribution in [0.4, 0.5) is 23.7 Å². The monoisotopic (exact) mass is 480 g/mol. The number of sulfonamides is 1. The summed E-state index contributed by atoms with van der Waals surface area (Å²) in [5, 5.41) is 8.78. The Balaban J connectivity index is 1.50. The Morgan fingerprint density at radius 3 is 2.58 bits per heavy atom. The minimum Gasteiger partial charge on any atom is -0.339 e. The van der Waals surface area contributed by atoms with Crippen LogP contribution in [-0.2, 0) is 28.0 Å². The molecule has 0 spiro atoms. The molecule has 2 bridgehead atoms. The first-order valence-corrected chi connectivity index (χ1v) is 11.2. The molecule has 3 amide bonds. The summed E-state index contributed by atoms with van der Waals surface area (Å²) < 4.78 is 68.8. The number of anilines is 1. The van der Waals surface area contributed by atoms with E-state index >= 15 is 0 Å². The second-order valence-corrected chi connectivity index (χ2v) is 9.89. The predicted molar refractivity (Wildman–Crippen MR) is 104 cm³/mol. The number of imide groups is 1. The number of alkyl halides is 3. The third kappa shape index (κ3) is 2.96. The third-order valence-electron chi connectivity index (χ3n) is 6.16. The minimum absolute atomic E-state index is 0.0475. The van der Waals surface area contributed by atoms with Crippen molar-refractivity contribution < 1.29 is 31.2 Å². The number of amides is 3. The summed E-state index contributed by atoms with van der Waals surface area (Å²) in [5.74, 6) is -0.814. The van der Waals surface area contributed by atoms with Gasteiger partial charge in [-0.15, -0.1) is 0 Å². The van der Waals surface area contributed by atoms with Gasteiger partial charge in [0.15, 0.2) is 5.03 Å². The second-order valence-electron chi connectivity index (χ2n) is 8.06. The summed E-state index contributed by atoms with van der Waals surface area (Å²) in [6.45, 7) is -0.0475. The van der Waals surface area contributed by atoms with Gasteiger partial charge < -0.3 is 9.47 Å². The number of hydrogen-bond donors (Lipinski definition) is 0. The lowest BCUT2D eigenvalue weighted by molar-refractivity contribution is -0.137. The van der Waals surface area contributed by atoms with Gasteiger partial charge in [0.05, 0.1) is 35.3 Å². The molecule has 14 heteroatoms. The molecule has 0 aliphatic carbocycles. The van der Waals surface area contributed by atoms with E-state index in [-0.39, 0.29) is 23.7 Å². The number of nitriles is 1. The number of fused-ring (bicyclic) bond motifs is 5. The van der Waals surface area contributed by atoms with E-state index < -0.39 is 57.4 Å². The van der Waals surface area contributed by atoms with Crippen molar-refractivity contribution >= 4 is 27.6 Å². The Morgan fingerprint density at radius 2 is 1.97 bits per heavy atom. The van der Waals surface area contributed by atoms with Crippen LogP contribution in [0.1, 0.15) is 17.5 Å². The van der Waals surface area contributed by atoms with E-state index in [2.05, 4.69) is 4.98 Å². The Labute approximate surface area is 185 Å². The summed E-state index contributed by atoms with van der Waals surface area (Å²) in [5.41, 5.74) is -2.24. The number of imidazole rings is 1. The second kappa shape index (κ2) is 6.78. The smallest absolute Gasteiger partial charge is 0.339 e. The maximum absolute atomic E-state index is 13.4. The molecule has 3 atom stereocenters. The quantitative estimate of drug-likeness (QED) is 0.611. The molecule has 0 unspecified atom stereocenters. The molecule has 4 heterocycles. The minimum atomic E-state index is -4.87. The first-order chi connectivity index (χ1) is 15.4. The van der Waals surface area contributed by atoms with Crippen molar-refractivity contribution in [3.05, 3.63) is 41.9 Å². The molecule has 3 aliphatic rings. The van der Waals surface area contributed by atoms with Gasteiger partial charge in [0.1, 0.15) is 6.04 Å². The molecule has 1 aromatic carbocycles. The standard InChI is InChI=1S/C19H15F3N6O4S/c1-25-8-15(24-9-25)33(31,32)26-7-12-5-14(26)16-17(29)28(18(30)27(12)16)11-3-2-10(6-23)13(4-11)19(20,21)22/h2-4,8-9,12,14,16H,5,7H2,1H3/t12-,14-,16+/m0/s1. The first-order valence-electron chi connectivity index (χ1n) is 9.72. The molecule has 3 aliphatic heterocycles. The molecule has 1 aromatic heterocycles. The zero-order chi connectivity index (χ0) is 23.9. The van der Waals surface area contributed by atoms with E-state index in [9.17, 15) is 31.2 Å². The molecule has 3 fully saturated rings. The van der Waals surface area contributed by atoms with Gasteiger partial charge in [-0.1, -0.05) is 0 Å². The number of aryl methyl sites for hydroxylation is 1. The number of aromatic nitrogens is 2. The van der Waals surface area contributed by atoms with Crippen molar-refractivity contribution in [2.45, 2.75) is 35.7 Å². The molecule has 2 aromatic rings. The summed E-state index contributed by atoms with van der Waals surface area (Å²) in [6, 6.07) is 0.599. The fourth-order valence-corrected chi connectivity index (χ4v) is 6.42. The van der Waals surface area contributed by atoms with E-state index in [1.807, 2.05) is 0 Å². The summed E-state index contributed by atoms with van der Waals surface area (Å²) in [6.07, 6.45) is -1.98. The van der Waals surface area contributed by atoms with Crippen LogP contribution < -0.4 is 4.90 Å². The molecular weight excluding hydrogens is 465 g/mol. The van der Waals surface area contributed by atoms with Crippen molar-refractivity contribution in [3.63, 3.8) is 0 Å². The van der Waals surface area contributed by atoms with Crippen LogP contribution >= 0.6 is 0 Å². The number of piperazine rings is 1. The lowest BCUT2D eigenvalue weighted by atomic mass is 10.1. The molecule has 3 saturated heterocycles. The van der Waals surface area contributed by atoms with Crippen molar-refractivity contribution in [2.75, 3.05) is 11.4 Å². The summed E-state index contributed by atoms with van der Waals surface area (Å²) in [4.78, 5) is 32.0. The van der Waals surface area contributed by atoms with Crippen LogP contribution in [0, 0.1) is 11.3 Å². The van der Waals surface area contributed by atoms with E-state index in [0.717, 1.165) is 16.4 Å². The number of urea groups is 1. The molecule has 33 heavy (non-hydrogen) atoms. The van der Waals surface area contributed by atoms with Crippen LogP contribution in [-0.4, -0.2) is 63.8 Å². The van der Waals surface area contributed by atoms with E-state index in [4.69, 9.17) is 5.26 Å². The average molecular weight is 480 g/mol. The van der Waals surface area contributed by atoms with Crippen LogP contribution in [0.2, 0.25) is 0 Å². The fraction of sp³-hybridized carbons (Fsp3) is 0.368. The topological polar surface area (TPSA) is 120 Å². The van der Waals surface area contributed by atoms with Crippen LogP contribution in [0.5, 0.6) is 0 Å². The fourth-order valence-electron chi connectivity index (χ4n) is 4.77. The van der Waals surface area contributed by atoms with Crippen LogP contribution in [0.15, 0.2) is 35.7 Å². The van der Waals surface area contributed by atoms with Gasteiger partial charge in [-0.05, 0) is 24.6 Å². The van der Waals surface area contributed by atoms with Crippen molar-refractivity contribution in [3.8, 4) is 6.07 Å². The lowest BCUT2D eigenvalue weighted by Gasteiger charge is -2.33. The third-order valence-corrected chi connectivity index (χ3v) is 7.94. The number of hydrogen-bond acceptors (Lipinski definition) is 6. The Hall–Kier alpha value is -3.44. The molecule has 0 radical (unpaired) electrons. The molecule has 172 valence electrons. The van der Waals surface area contributed by atoms with E-state index in [1.54, 1.807) is 7.05 Å². The molecule has 10 nitrogen and oxygen atoms in total. The van der Waals surface area contributed by atoms with Gasteiger partial charge in [0.2, 0.25) is 0 Å². The average Bonchev–Trinajstić information content (AvgIpc) is 3.50. The SMILES string of the molecule is Cn1cnc(S(=O)(=O)N2C[C@@H]3C[C@H]2[C@@H]2C(=O)N(c4ccc(C#N)c(C(F)(F)F)c4)C(=O)N32)c1. The van der Waals surface area contributed by atoms with Crippen molar-refractivity contribution in [1.82, 2.24) is 18.8 Å². The molecule has 0 N–H and O–H groups in total. The highest BCUT2D eigenvalue weighted by atomic mass is 32.2. The summed E-state index contributed by atoms with van der Waals surface area (Å²) >= 11 is 0. The number of nitrogens with zero attached hydrogens (tertiary/aromatic N) is 6. The maximum atomic E-state index is 13.4. The normalized spacial score (nSPS) is 25.1. The van der Waals surface area contributed by atoms with Crippen molar-refractivity contribution in [2.24, 2.45) is 7.05 Å². The number of carbonyl (C=O) groups excluding carboxylic acids is 2. The highest BCUT2D eigenvalue weighted by Gasteiger charge is 2.64. The lowest BCUT2D eigenvalue weighted by Crippen LogP contribution is -2.54. The maximum Gasteiger partial charge on any atom is 0.417 e. The zero-order valence-corrected chi connectivity index (χ0v) is 17.7. The molecular formula is C19H15F3N6O4S. The van der Waals surface area contributed by atoms with Crippen LogP contribution in [0.25, 0.3) is 0 Å².